The van der Waals surface area contributed by atoms with Gasteiger partial charge in [0.15, 0.2) is 10.8 Å². The van der Waals surface area contributed by atoms with Crippen molar-refractivity contribution < 1.29 is 14.0 Å². The number of piperidine rings is 1. The molecule has 2 aromatic heterocycles. The number of furan rings is 1. The van der Waals surface area contributed by atoms with Gasteiger partial charge in [-0.05, 0) is 49.4 Å². The molecule has 156 valence electrons. The Balaban J connectivity index is 1.56. The number of rotatable bonds is 4. The van der Waals surface area contributed by atoms with E-state index in [-0.39, 0.29) is 11.8 Å². The van der Waals surface area contributed by atoms with E-state index in [9.17, 15) is 9.59 Å². The number of aryl methyl sites for hydroxylation is 1. The second-order valence-electron chi connectivity index (χ2n) is 8.06. The Hall–Kier alpha value is -2.93. The van der Waals surface area contributed by atoms with Gasteiger partial charge in [-0.2, -0.15) is 0 Å². The van der Waals surface area contributed by atoms with Crippen LogP contribution in [-0.4, -0.2) is 34.8 Å². The van der Waals surface area contributed by atoms with E-state index in [0.717, 1.165) is 24.4 Å². The molecule has 6 nitrogen and oxygen atoms in total. The summed E-state index contributed by atoms with van der Waals surface area (Å²) in [6.45, 7) is 7.68. The van der Waals surface area contributed by atoms with Crippen molar-refractivity contribution in [3.05, 3.63) is 58.8 Å². The molecule has 2 amide bonds. The summed E-state index contributed by atoms with van der Waals surface area (Å²) < 4.78 is 5.39. The largest absolute Gasteiger partial charge is 0.462 e. The summed E-state index contributed by atoms with van der Waals surface area (Å²) in [6, 6.07) is 10.8. The number of likely N-dealkylation sites (tertiary alicyclic amines) is 1. The highest BCUT2D eigenvalue weighted by Gasteiger charge is 2.28. The fourth-order valence-corrected chi connectivity index (χ4v) is 4.95. The van der Waals surface area contributed by atoms with Crippen LogP contribution in [0.1, 0.15) is 46.0 Å². The van der Waals surface area contributed by atoms with Crippen molar-refractivity contribution >= 4 is 28.8 Å². The van der Waals surface area contributed by atoms with Crippen molar-refractivity contribution in [1.82, 2.24) is 9.88 Å². The summed E-state index contributed by atoms with van der Waals surface area (Å²) in [4.78, 5) is 33.3. The number of para-hydroxylation sites is 1. The quantitative estimate of drug-likeness (QED) is 0.635. The number of hydrogen-bond acceptors (Lipinski definition) is 5. The van der Waals surface area contributed by atoms with Gasteiger partial charge in [-0.15, -0.1) is 11.3 Å². The maximum Gasteiger partial charge on any atom is 0.275 e. The van der Waals surface area contributed by atoms with Gasteiger partial charge < -0.3 is 14.6 Å². The summed E-state index contributed by atoms with van der Waals surface area (Å²) in [5.74, 6) is 1.19. The summed E-state index contributed by atoms with van der Waals surface area (Å²) in [5, 5.41) is 3.55. The van der Waals surface area contributed by atoms with Crippen LogP contribution in [0.2, 0.25) is 0 Å². The number of nitrogens with zero attached hydrogens (tertiary/aromatic N) is 2. The summed E-state index contributed by atoms with van der Waals surface area (Å²) in [6.07, 6.45) is 2.71. The van der Waals surface area contributed by atoms with E-state index in [1.807, 2.05) is 30.0 Å². The van der Waals surface area contributed by atoms with Gasteiger partial charge in [0, 0.05) is 18.0 Å². The van der Waals surface area contributed by atoms with Gasteiger partial charge in [-0.3, -0.25) is 9.59 Å². The molecule has 0 radical (unpaired) electrons. The maximum absolute atomic E-state index is 13.2. The van der Waals surface area contributed by atoms with Crippen molar-refractivity contribution in [3.63, 3.8) is 0 Å². The summed E-state index contributed by atoms with van der Waals surface area (Å²) in [5.41, 5.74) is 1.35. The van der Waals surface area contributed by atoms with Crippen LogP contribution < -0.4 is 5.32 Å². The molecule has 1 aliphatic heterocycles. The first-order valence-corrected chi connectivity index (χ1v) is 10.9. The Kier molecular flexibility index (Phi) is 5.72. The number of carbonyl (C=O) groups is 2. The molecule has 0 saturated carbocycles. The highest BCUT2D eigenvalue weighted by molar-refractivity contribution is 7.15. The molecule has 2 unspecified atom stereocenters. The first-order chi connectivity index (χ1) is 14.4. The third kappa shape index (κ3) is 4.16. The van der Waals surface area contributed by atoms with Crippen LogP contribution in [-0.2, 0) is 0 Å². The van der Waals surface area contributed by atoms with Gasteiger partial charge >= 0.3 is 0 Å². The second kappa shape index (κ2) is 8.44. The smallest absolute Gasteiger partial charge is 0.275 e. The summed E-state index contributed by atoms with van der Waals surface area (Å²) in [7, 11) is 0. The van der Waals surface area contributed by atoms with Crippen LogP contribution in [0.5, 0.6) is 0 Å². The van der Waals surface area contributed by atoms with Gasteiger partial charge in [0.25, 0.3) is 11.8 Å². The second-order valence-corrected chi connectivity index (χ2v) is 9.26. The predicted molar refractivity (Wildman–Crippen MR) is 118 cm³/mol. The maximum atomic E-state index is 13.2. The zero-order valence-corrected chi connectivity index (χ0v) is 18.2. The van der Waals surface area contributed by atoms with E-state index in [0.29, 0.717) is 39.5 Å². The molecule has 0 spiro atoms. The van der Waals surface area contributed by atoms with Gasteiger partial charge in [-0.25, -0.2) is 4.98 Å². The number of benzene rings is 1. The van der Waals surface area contributed by atoms with Crippen LogP contribution >= 0.6 is 11.3 Å². The van der Waals surface area contributed by atoms with Crippen LogP contribution in [0.15, 0.2) is 47.1 Å². The predicted octanol–water partition coefficient (Wildman–Crippen LogP) is 5.08. The Morgan fingerprint density at radius 1 is 1.13 bits per heavy atom. The highest BCUT2D eigenvalue weighted by atomic mass is 32.1. The number of nitrogens with one attached hydrogen (secondary N) is 1. The molecule has 30 heavy (non-hydrogen) atoms. The Morgan fingerprint density at radius 3 is 2.57 bits per heavy atom. The van der Waals surface area contributed by atoms with E-state index < -0.39 is 0 Å². The topological polar surface area (TPSA) is 75.4 Å². The molecule has 3 heterocycles. The van der Waals surface area contributed by atoms with Crippen molar-refractivity contribution in [3.8, 4) is 10.8 Å². The average molecular weight is 424 g/mol. The molecule has 1 saturated heterocycles. The molecule has 3 aromatic rings. The number of hydrogen-bond donors (Lipinski definition) is 1. The molecule has 1 aromatic carbocycles. The Bertz CT molecular complexity index is 1050. The van der Waals surface area contributed by atoms with Crippen molar-refractivity contribution in [2.45, 2.75) is 27.2 Å². The SMILES string of the molecule is Cc1sc(-c2ccco2)nc1C(=O)Nc1ccccc1C(=O)N1CC(C)CC(C)C1. The first kappa shape index (κ1) is 20.3. The van der Waals surface area contributed by atoms with Gasteiger partial charge in [0.05, 0.1) is 17.5 Å². The fourth-order valence-electron chi connectivity index (χ4n) is 4.07. The van der Waals surface area contributed by atoms with E-state index in [2.05, 4.69) is 24.1 Å². The molecule has 1 aliphatic rings. The lowest BCUT2D eigenvalue weighted by Gasteiger charge is -2.35. The average Bonchev–Trinajstić information content (AvgIpc) is 3.37. The molecule has 7 heteroatoms. The number of amides is 2. The third-order valence-corrected chi connectivity index (χ3v) is 6.29. The van der Waals surface area contributed by atoms with Gasteiger partial charge in [0.2, 0.25) is 0 Å². The van der Waals surface area contributed by atoms with E-state index in [4.69, 9.17) is 4.42 Å². The number of thiazole rings is 1. The minimum absolute atomic E-state index is 0.0458. The minimum Gasteiger partial charge on any atom is -0.462 e. The molecule has 1 fully saturated rings. The Morgan fingerprint density at radius 2 is 1.87 bits per heavy atom. The standard InChI is InChI=1S/C23H25N3O3S/c1-14-11-15(2)13-26(12-14)23(28)17-7-4-5-8-18(17)24-21(27)20-16(3)30-22(25-20)19-9-6-10-29-19/h4-10,14-15H,11-13H2,1-3H3,(H,24,27). The Labute approximate surface area is 179 Å². The lowest BCUT2D eigenvalue weighted by Crippen LogP contribution is -2.42. The zero-order chi connectivity index (χ0) is 21.3. The minimum atomic E-state index is -0.331. The fraction of sp³-hybridized carbons (Fsp3) is 0.348. The molecular formula is C23H25N3O3S. The number of aromatic nitrogens is 1. The molecule has 0 bridgehead atoms. The van der Waals surface area contributed by atoms with Crippen molar-refractivity contribution in [2.24, 2.45) is 11.8 Å². The van der Waals surface area contributed by atoms with Crippen molar-refractivity contribution in [2.75, 3.05) is 18.4 Å². The van der Waals surface area contributed by atoms with Crippen LogP contribution in [0, 0.1) is 18.8 Å². The number of anilines is 1. The monoisotopic (exact) mass is 423 g/mol. The van der Waals surface area contributed by atoms with E-state index >= 15 is 0 Å². The highest BCUT2D eigenvalue weighted by Crippen LogP contribution is 2.29. The first-order valence-electron chi connectivity index (χ1n) is 10.1. The normalized spacial score (nSPS) is 19.0. The van der Waals surface area contributed by atoms with E-state index in [1.54, 1.807) is 24.5 Å². The van der Waals surface area contributed by atoms with Gasteiger partial charge in [-0.1, -0.05) is 26.0 Å². The van der Waals surface area contributed by atoms with Gasteiger partial charge in [0.1, 0.15) is 5.69 Å². The lowest BCUT2D eigenvalue weighted by atomic mass is 9.91. The third-order valence-electron chi connectivity index (χ3n) is 5.31. The summed E-state index contributed by atoms with van der Waals surface area (Å²) >= 11 is 1.40. The zero-order valence-electron chi connectivity index (χ0n) is 17.3. The molecular weight excluding hydrogens is 398 g/mol. The van der Waals surface area contributed by atoms with Crippen LogP contribution in [0.3, 0.4) is 0 Å². The van der Waals surface area contributed by atoms with E-state index in [1.165, 1.54) is 11.3 Å². The van der Waals surface area contributed by atoms with Crippen LogP contribution in [0.25, 0.3) is 10.8 Å². The molecule has 1 N–H and O–H groups in total. The molecule has 4 rings (SSSR count). The van der Waals surface area contributed by atoms with Crippen LogP contribution in [0.4, 0.5) is 5.69 Å². The lowest BCUT2D eigenvalue weighted by molar-refractivity contribution is 0.0624. The van der Waals surface area contributed by atoms with Crippen molar-refractivity contribution in [1.29, 1.82) is 0 Å². The molecule has 0 aliphatic carbocycles. The number of carbonyl (C=O) groups excluding carboxylic acids is 2. The molecule has 2 atom stereocenters.